The molecule has 1 N–H and O–H groups in total. The van der Waals surface area contributed by atoms with Crippen LogP contribution in [0, 0.1) is 5.92 Å². The van der Waals surface area contributed by atoms with Gasteiger partial charge in [-0.1, -0.05) is 37.1 Å². The standard InChI is InChI=1S/C18H25NO/c20-18-15-7-3-1-5-13(15)9-10-17(18)19-12-11-14-6-2-4-8-16(14)19/h1,3,5,7,14,16-18,20H,2,4,6,8-12H2. The fourth-order valence-electron chi connectivity index (χ4n) is 4.92. The second-order valence-electron chi connectivity index (χ2n) is 6.89. The number of hydrogen-bond acceptors (Lipinski definition) is 2. The van der Waals surface area contributed by atoms with Crippen molar-refractivity contribution in [3.8, 4) is 0 Å². The molecule has 2 fully saturated rings. The van der Waals surface area contributed by atoms with Crippen LogP contribution in [0.15, 0.2) is 24.3 Å². The lowest BCUT2D eigenvalue weighted by molar-refractivity contribution is 0.0171. The molecule has 1 aromatic carbocycles. The molecule has 20 heavy (non-hydrogen) atoms. The van der Waals surface area contributed by atoms with Gasteiger partial charge in [-0.15, -0.1) is 0 Å². The minimum absolute atomic E-state index is 0.277. The number of likely N-dealkylation sites (tertiary alicyclic amines) is 1. The van der Waals surface area contributed by atoms with Gasteiger partial charge < -0.3 is 5.11 Å². The lowest BCUT2D eigenvalue weighted by Crippen LogP contribution is -2.46. The highest BCUT2D eigenvalue weighted by Crippen LogP contribution is 2.42. The quantitative estimate of drug-likeness (QED) is 0.847. The Hall–Kier alpha value is -0.860. The van der Waals surface area contributed by atoms with E-state index < -0.39 is 0 Å². The fourth-order valence-corrected chi connectivity index (χ4v) is 4.92. The molecule has 1 saturated heterocycles. The Labute approximate surface area is 121 Å². The van der Waals surface area contributed by atoms with Crippen LogP contribution in [0.4, 0.5) is 0 Å². The molecule has 0 amide bonds. The molecule has 4 unspecified atom stereocenters. The van der Waals surface area contributed by atoms with Gasteiger partial charge in [0.1, 0.15) is 0 Å². The summed E-state index contributed by atoms with van der Waals surface area (Å²) < 4.78 is 0. The van der Waals surface area contributed by atoms with Crippen LogP contribution in [-0.4, -0.2) is 28.6 Å². The van der Waals surface area contributed by atoms with Crippen LogP contribution >= 0.6 is 0 Å². The van der Waals surface area contributed by atoms with Crippen molar-refractivity contribution < 1.29 is 5.11 Å². The third kappa shape index (κ3) is 2.01. The van der Waals surface area contributed by atoms with Gasteiger partial charge in [0.2, 0.25) is 0 Å². The molecule has 1 heterocycles. The van der Waals surface area contributed by atoms with Crippen molar-refractivity contribution >= 4 is 0 Å². The SMILES string of the molecule is OC1c2ccccc2CCC1N1CCC2CCCCC21. The van der Waals surface area contributed by atoms with Crippen LogP contribution in [0.2, 0.25) is 0 Å². The van der Waals surface area contributed by atoms with E-state index in [4.69, 9.17) is 0 Å². The van der Waals surface area contributed by atoms with Crippen LogP contribution in [0.5, 0.6) is 0 Å². The van der Waals surface area contributed by atoms with Gasteiger partial charge in [0.25, 0.3) is 0 Å². The molecule has 1 aromatic rings. The smallest absolute Gasteiger partial charge is 0.0948 e. The second kappa shape index (κ2) is 5.16. The van der Waals surface area contributed by atoms with E-state index in [-0.39, 0.29) is 6.10 Å². The van der Waals surface area contributed by atoms with Crippen molar-refractivity contribution in [3.05, 3.63) is 35.4 Å². The molecule has 0 spiro atoms. The summed E-state index contributed by atoms with van der Waals surface area (Å²) in [6.45, 7) is 1.21. The summed E-state index contributed by atoms with van der Waals surface area (Å²) in [5.41, 5.74) is 2.54. The van der Waals surface area contributed by atoms with Crippen molar-refractivity contribution in [1.82, 2.24) is 4.90 Å². The van der Waals surface area contributed by atoms with E-state index in [9.17, 15) is 5.11 Å². The summed E-state index contributed by atoms with van der Waals surface area (Å²) >= 11 is 0. The van der Waals surface area contributed by atoms with E-state index in [0.717, 1.165) is 24.8 Å². The van der Waals surface area contributed by atoms with E-state index in [2.05, 4.69) is 29.2 Å². The Kier molecular flexibility index (Phi) is 3.31. The normalized spacial score (nSPS) is 37.5. The highest BCUT2D eigenvalue weighted by atomic mass is 16.3. The number of hydrogen-bond donors (Lipinski definition) is 1. The zero-order valence-electron chi connectivity index (χ0n) is 12.2. The van der Waals surface area contributed by atoms with Gasteiger partial charge in [0, 0.05) is 12.1 Å². The molecule has 2 heteroatoms. The Morgan fingerprint density at radius 3 is 2.75 bits per heavy atom. The lowest BCUT2D eigenvalue weighted by atomic mass is 9.82. The molecule has 0 radical (unpaired) electrons. The van der Waals surface area contributed by atoms with Gasteiger partial charge in [-0.25, -0.2) is 0 Å². The van der Waals surface area contributed by atoms with Crippen LogP contribution in [0.25, 0.3) is 0 Å². The molecule has 1 saturated carbocycles. The first-order valence-corrected chi connectivity index (χ1v) is 8.36. The van der Waals surface area contributed by atoms with Crippen LogP contribution in [0.1, 0.15) is 55.8 Å². The maximum atomic E-state index is 10.8. The predicted octanol–water partition coefficient (Wildman–Crippen LogP) is 3.30. The highest BCUT2D eigenvalue weighted by molar-refractivity contribution is 5.32. The van der Waals surface area contributed by atoms with E-state index in [0.29, 0.717) is 6.04 Å². The molecule has 2 aliphatic carbocycles. The Morgan fingerprint density at radius 1 is 0.950 bits per heavy atom. The van der Waals surface area contributed by atoms with Gasteiger partial charge in [0.15, 0.2) is 0 Å². The predicted molar refractivity (Wildman–Crippen MR) is 80.6 cm³/mol. The van der Waals surface area contributed by atoms with Gasteiger partial charge in [-0.05, 0) is 55.7 Å². The first-order valence-electron chi connectivity index (χ1n) is 8.36. The van der Waals surface area contributed by atoms with Crippen molar-refractivity contribution in [2.75, 3.05) is 6.54 Å². The van der Waals surface area contributed by atoms with Crippen molar-refractivity contribution in [1.29, 1.82) is 0 Å². The summed E-state index contributed by atoms with van der Waals surface area (Å²) in [5.74, 6) is 0.910. The van der Waals surface area contributed by atoms with Gasteiger partial charge in [-0.3, -0.25) is 4.90 Å². The molecule has 0 bridgehead atoms. The first-order chi connectivity index (χ1) is 9.84. The number of aliphatic hydroxyl groups excluding tert-OH is 1. The number of aliphatic hydroxyl groups is 1. The van der Waals surface area contributed by atoms with Crippen molar-refractivity contribution in [3.63, 3.8) is 0 Å². The van der Waals surface area contributed by atoms with E-state index >= 15 is 0 Å². The number of aryl methyl sites for hydroxylation is 1. The maximum Gasteiger partial charge on any atom is 0.0948 e. The van der Waals surface area contributed by atoms with E-state index in [1.165, 1.54) is 49.8 Å². The third-order valence-electron chi connectivity index (χ3n) is 5.93. The number of rotatable bonds is 1. The van der Waals surface area contributed by atoms with Crippen LogP contribution in [-0.2, 0) is 6.42 Å². The fraction of sp³-hybridized carbons (Fsp3) is 0.667. The zero-order valence-corrected chi connectivity index (χ0v) is 12.2. The molecule has 4 atom stereocenters. The van der Waals surface area contributed by atoms with E-state index in [1.807, 2.05) is 0 Å². The van der Waals surface area contributed by atoms with Crippen LogP contribution in [0.3, 0.4) is 0 Å². The average Bonchev–Trinajstić information content (AvgIpc) is 2.92. The molecule has 1 aliphatic heterocycles. The summed E-state index contributed by atoms with van der Waals surface area (Å²) in [4.78, 5) is 2.67. The number of nitrogens with zero attached hydrogens (tertiary/aromatic N) is 1. The highest BCUT2D eigenvalue weighted by Gasteiger charge is 2.42. The zero-order chi connectivity index (χ0) is 13.5. The average molecular weight is 271 g/mol. The largest absolute Gasteiger partial charge is 0.387 e. The minimum Gasteiger partial charge on any atom is -0.387 e. The Balaban J connectivity index is 1.58. The molecular formula is C18H25NO. The minimum atomic E-state index is -0.277. The number of fused-ring (bicyclic) bond motifs is 2. The monoisotopic (exact) mass is 271 g/mol. The topological polar surface area (TPSA) is 23.5 Å². The molecule has 3 aliphatic rings. The maximum absolute atomic E-state index is 10.8. The summed E-state index contributed by atoms with van der Waals surface area (Å²) in [6.07, 6.45) is 8.92. The molecule has 2 nitrogen and oxygen atoms in total. The molecular weight excluding hydrogens is 246 g/mol. The van der Waals surface area contributed by atoms with Gasteiger partial charge >= 0.3 is 0 Å². The Morgan fingerprint density at radius 2 is 1.80 bits per heavy atom. The van der Waals surface area contributed by atoms with Gasteiger partial charge in [-0.2, -0.15) is 0 Å². The summed E-state index contributed by atoms with van der Waals surface area (Å²) in [5, 5.41) is 10.8. The lowest BCUT2D eigenvalue weighted by Gasteiger charge is -2.41. The van der Waals surface area contributed by atoms with E-state index in [1.54, 1.807) is 0 Å². The third-order valence-corrected chi connectivity index (χ3v) is 5.93. The van der Waals surface area contributed by atoms with Crippen molar-refractivity contribution in [2.24, 2.45) is 5.92 Å². The first kappa shape index (κ1) is 12.8. The number of benzene rings is 1. The van der Waals surface area contributed by atoms with Gasteiger partial charge in [0.05, 0.1) is 6.10 Å². The van der Waals surface area contributed by atoms with Crippen LogP contribution < -0.4 is 0 Å². The summed E-state index contributed by atoms with van der Waals surface area (Å²) in [7, 11) is 0. The Bertz CT molecular complexity index is 486. The van der Waals surface area contributed by atoms with Crippen molar-refractivity contribution in [2.45, 2.75) is 63.1 Å². The molecule has 108 valence electrons. The second-order valence-corrected chi connectivity index (χ2v) is 6.89. The molecule has 0 aromatic heterocycles. The summed E-state index contributed by atoms with van der Waals surface area (Å²) in [6, 6.07) is 9.59. The molecule has 4 rings (SSSR count).